The summed E-state index contributed by atoms with van der Waals surface area (Å²) in [6.07, 6.45) is -3.28. The highest BCUT2D eigenvalue weighted by Gasteiger charge is 2.53. The molecule has 0 aromatic heterocycles. The number of hydrogen-bond acceptors (Lipinski definition) is 6. The topological polar surface area (TPSA) is 51.2 Å². The number of carbonyl (C=O) groups excluding carboxylic acids is 1. The number of halogens is 3. The predicted octanol–water partition coefficient (Wildman–Crippen LogP) is 7.61. The SMILES string of the molecule is CCCc1cc(C(F)(F)F)ccc1N(c1ccc2c(c1)Oc1ccccc1C21OC(=O)c2ccccc21)N1CCOCC1. The van der Waals surface area contributed by atoms with Gasteiger partial charge in [0.25, 0.3) is 0 Å². The molecular weight excluding hydrogens is 557 g/mol. The second-order valence-corrected chi connectivity index (χ2v) is 10.9. The summed E-state index contributed by atoms with van der Waals surface area (Å²) in [5.74, 6) is 0.657. The molecule has 0 radical (unpaired) electrons. The summed E-state index contributed by atoms with van der Waals surface area (Å²) in [6.45, 7) is 4.05. The van der Waals surface area contributed by atoms with Crippen LogP contribution in [0.25, 0.3) is 0 Å². The molecule has 1 atom stereocenters. The molecule has 0 aliphatic carbocycles. The molecule has 1 unspecified atom stereocenters. The van der Waals surface area contributed by atoms with E-state index in [1.807, 2.05) is 72.6 Å². The maximum atomic E-state index is 13.7. The zero-order valence-corrected chi connectivity index (χ0v) is 23.5. The van der Waals surface area contributed by atoms with E-state index >= 15 is 0 Å². The lowest BCUT2D eigenvalue weighted by molar-refractivity contribution is -0.137. The van der Waals surface area contributed by atoms with Crippen molar-refractivity contribution in [1.82, 2.24) is 5.01 Å². The van der Waals surface area contributed by atoms with Gasteiger partial charge in [-0.1, -0.05) is 49.7 Å². The van der Waals surface area contributed by atoms with E-state index in [-0.39, 0.29) is 0 Å². The third kappa shape index (κ3) is 4.46. The van der Waals surface area contributed by atoms with E-state index in [1.54, 1.807) is 12.1 Å². The fourth-order valence-electron chi connectivity index (χ4n) is 6.39. The van der Waals surface area contributed by atoms with E-state index in [0.29, 0.717) is 78.7 Å². The van der Waals surface area contributed by atoms with Crippen LogP contribution < -0.4 is 9.75 Å². The lowest BCUT2D eigenvalue weighted by atomic mass is 9.77. The van der Waals surface area contributed by atoms with Crippen molar-refractivity contribution in [1.29, 1.82) is 0 Å². The molecule has 0 saturated carbocycles. The first-order valence-corrected chi connectivity index (χ1v) is 14.4. The van der Waals surface area contributed by atoms with Crippen LogP contribution in [0.3, 0.4) is 0 Å². The number of hydrazine groups is 1. The molecule has 0 N–H and O–H groups in total. The summed E-state index contributed by atoms with van der Waals surface area (Å²) in [4.78, 5) is 13.2. The van der Waals surface area contributed by atoms with Crippen molar-refractivity contribution in [3.8, 4) is 11.5 Å². The van der Waals surface area contributed by atoms with E-state index in [4.69, 9.17) is 14.2 Å². The van der Waals surface area contributed by atoms with E-state index in [2.05, 4.69) is 5.01 Å². The molecule has 220 valence electrons. The van der Waals surface area contributed by atoms with Crippen LogP contribution in [0.2, 0.25) is 0 Å². The van der Waals surface area contributed by atoms with Crippen LogP contribution in [0.15, 0.2) is 84.9 Å². The van der Waals surface area contributed by atoms with Gasteiger partial charge in [0.05, 0.1) is 35.7 Å². The fraction of sp³-hybridized carbons (Fsp3) is 0.265. The lowest BCUT2D eigenvalue weighted by Crippen LogP contribution is -2.47. The lowest BCUT2D eigenvalue weighted by Gasteiger charge is -2.41. The molecule has 4 aromatic rings. The van der Waals surface area contributed by atoms with Crippen LogP contribution in [0.1, 0.15) is 51.5 Å². The van der Waals surface area contributed by atoms with Crippen molar-refractivity contribution >= 4 is 17.3 Å². The number of aryl methyl sites for hydroxylation is 1. The summed E-state index contributed by atoms with van der Waals surface area (Å²) < 4.78 is 59.5. The fourth-order valence-corrected chi connectivity index (χ4v) is 6.39. The van der Waals surface area contributed by atoms with Crippen molar-refractivity contribution in [2.75, 3.05) is 31.3 Å². The van der Waals surface area contributed by atoms with Crippen LogP contribution in [0, 0.1) is 0 Å². The zero-order chi connectivity index (χ0) is 29.8. The molecule has 6 nitrogen and oxygen atoms in total. The Kier molecular flexibility index (Phi) is 6.67. The highest BCUT2D eigenvalue weighted by atomic mass is 19.4. The molecule has 0 bridgehead atoms. The highest BCUT2D eigenvalue weighted by molar-refractivity contribution is 5.97. The van der Waals surface area contributed by atoms with Crippen molar-refractivity contribution in [2.24, 2.45) is 0 Å². The van der Waals surface area contributed by atoms with Gasteiger partial charge in [0, 0.05) is 35.8 Å². The molecule has 3 aliphatic heterocycles. The monoisotopic (exact) mass is 586 g/mol. The van der Waals surface area contributed by atoms with Gasteiger partial charge >= 0.3 is 12.1 Å². The summed E-state index contributed by atoms with van der Waals surface area (Å²) in [6, 6.07) is 24.5. The standard InChI is InChI=1S/C34H29F3N2O4/c1-2-7-22-20-23(34(35,36)37)12-15-29(22)39(38-16-18-41-19-17-38)24-13-14-28-31(21-24)42-30-11-6-5-10-27(30)33(28)26-9-4-3-8-25(26)32(40)43-33/h3-6,8-15,20-21H,2,7,16-19H2,1H3. The normalized spacial score (nSPS) is 19.3. The Bertz CT molecular complexity index is 1720. The maximum absolute atomic E-state index is 13.7. The number of anilines is 2. The van der Waals surface area contributed by atoms with E-state index in [1.165, 1.54) is 6.07 Å². The number of rotatable bonds is 5. The minimum Gasteiger partial charge on any atom is -0.456 e. The summed E-state index contributed by atoms with van der Waals surface area (Å²) in [7, 11) is 0. The van der Waals surface area contributed by atoms with Crippen LogP contribution in [-0.2, 0) is 27.7 Å². The number of carbonyl (C=O) groups is 1. The smallest absolute Gasteiger partial charge is 0.416 e. The molecular formula is C34H29F3N2O4. The Balaban J connectivity index is 1.41. The van der Waals surface area contributed by atoms with Crippen LogP contribution >= 0.6 is 0 Å². The number of benzene rings is 4. The van der Waals surface area contributed by atoms with E-state index in [0.717, 1.165) is 17.2 Å². The molecule has 7 rings (SSSR count). The van der Waals surface area contributed by atoms with Gasteiger partial charge in [0.15, 0.2) is 5.60 Å². The van der Waals surface area contributed by atoms with Gasteiger partial charge in [-0.15, -0.1) is 0 Å². The largest absolute Gasteiger partial charge is 0.456 e. The van der Waals surface area contributed by atoms with Crippen molar-refractivity contribution in [3.63, 3.8) is 0 Å². The number of nitrogens with zero attached hydrogens (tertiary/aromatic N) is 2. The van der Waals surface area contributed by atoms with Gasteiger partial charge in [-0.05, 0) is 54.4 Å². The van der Waals surface area contributed by atoms with Gasteiger partial charge < -0.3 is 14.2 Å². The average Bonchev–Trinajstić information content (AvgIpc) is 3.31. The van der Waals surface area contributed by atoms with Gasteiger partial charge in [-0.3, -0.25) is 5.01 Å². The molecule has 43 heavy (non-hydrogen) atoms. The molecule has 1 fully saturated rings. The molecule has 1 saturated heterocycles. The zero-order valence-electron chi connectivity index (χ0n) is 23.5. The third-order valence-electron chi connectivity index (χ3n) is 8.27. The van der Waals surface area contributed by atoms with Crippen molar-refractivity contribution in [2.45, 2.75) is 31.5 Å². The Morgan fingerprint density at radius 3 is 2.35 bits per heavy atom. The van der Waals surface area contributed by atoms with Crippen LogP contribution in [0.4, 0.5) is 24.5 Å². The van der Waals surface area contributed by atoms with E-state index < -0.39 is 23.3 Å². The Labute approximate surface area is 247 Å². The van der Waals surface area contributed by atoms with Crippen molar-refractivity contribution in [3.05, 3.63) is 118 Å². The number of esters is 1. The van der Waals surface area contributed by atoms with Crippen LogP contribution in [0.5, 0.6) is 11.5 Å². The van der Waals surface area contributed by atoms with E-state index in [9.17, 15) is 18.0 Å². The number of morpholine rings is 1. The maximum Gasteiger partial charge on any atom is 0.416 e. The average molecular weight is 587 g/mol. The number of alkyl halides is 3. The molecule has 9 heteroatoms. The van der Waals surface area contributed by atoms with Gasteiger partial charge in [0.2, 0.25) is 0 Å². The Morgan fingerprint density at radius 2 is 1.58 bits per heavy atom. The number of para-hydroxylation sites is 1. The minimum absolute atomic E-state index is 0.411. The van der Waals surface area contributed by atoms with Gasteiger partial charge in [-0.25, -0.2) is 9.80 Å². The first kappa shape index (κ1) is 27.5. The molecule has 3 heterocycles. The van der Waals surface area contributed by atoms with Crippen molar-refractivity contribution < 1.29 is 32.2 Å². The Hall–Kier alpha value is -4.34. The summed E-state index contributed by atoms with van der Waals surface area (Å²) >= 11 is 0. The predicted molar refractivity (Wildman–Crippen MR) is 155 cm³/mol. The molecule has 3 aliphatic rings. The second-order valence-electron chi connectivity index (χ2n) is 10.9. The highest BCUT2D eigenvalue weighted by Crippen LogP contribution is 2.56. The number of ether oxygens (including phenoxy) is 3. The first-order chi connectivity index (χ1) is 20.8. The second kappa shape index (κ2) is 10.4. The third-order valence-corrected chi connectivity index (χ3v) is 8.27. The van der Waals surface area contributed by atoms with Gasteiger partial charge in [0.1, 0.15) is 11.5 Å². The molecule has 1 spiro atoms. The summed E-state index contributed by atoms with van der Waals surface area (Å²) in [5.41, 5.74) is 2.76. The Morgan fingerprint density at radius 1 is 0.860 bits per heavy atom. The summed E-state index contributed by atoms with van der Waals surface area (Å²) in [5, 5.41) is 4.06. The minimum atomic E-state index is -4.44. The molecule has 4 aromatic carbocycles. The number of fused-ring (bicyclic) bond motifs is 6. The first-order valence-electron chi connectivity index (χ1n) is 14.4. The van der Waals surface area contributed by atoms with Crippen LogP contribution in [-0.4, -0.2) is 37.3 Å². The quantitative estimate of drug-likeness (QED) is 0.225. The van der Waals surface area contributed by atoms with Gasteiger partial charge in [-0.2, -0.15) is 13.2 Å². The number of hydrogen-bond donors (Lipinski definition) is 0. The molecule has 0 amide bonds.